The molecule has 0 spiro atoms. The van der Waals surface area contributed by atoms with E-state index >= 15 is 0 Å². The number of hydrogen-bond donors (Lipinski definition) is 3. The lowest BCUT2D eigenvalue weighted by Crippen LogP contribution is -2.33. The zero-order chi connectivity index (χ0) is 20.2. The Bertz CT molecular complexity index is 415. The Morgan fingerprint density at radius 2 is 1.81 bits per heavy atom. The summed E-state index contributed by atoms with van der Waals surface area (Å²) in [4.78, 5) is 11.5. The number of ether oxygens (including phenoxy) is 2. The van der Waals surface area contributed by atoms with E-state index < -0.39 is 0 Å². The summed E-state index contributed by atoms with van der Waals surface area (Å²) in [7, 11) is 5.76. The van der Waals surface area contributed by atoms with E-state index in [4.69, 9.17) is 9.47 Å². The lowest BCUT2D eigenvalue weighted by atomic mass is 10.2. The van der Waals surface area contributed by atoms with Gasteiger partial charge in [-0.15, -0.1) is 5.92 Å². The van der Waals surface area contributed by atoms with Gasteiger partial charge in [0.1, 0.15) is 0 Å². The minimum Gasteiger partial charge on any atom is -0.379 e. The quantitative estimate of drug-likeness (QED) is 0.144. The van der Waals surface area contributed by atoms with E-state index in [1.54, 1.807) is 0 Å². The van der Waals surface area contributed by atoms with Crippen LogP contribution in [-0.2, 0) is 14.3 Å². The Morgan fingerprint density at radius 3 is 2.48 bits per heavy atom. The van der Waals surface area contributed by atoms with E-state index in [9.17, 15) is 4.79 Å². The Labute approximate surface area is 173 Å². The van der Waals surface area contributed by atoms with E-state index in [0.717, 1.165) is 25.3 Å². The van der Waals surface area contributed by atoms with E-state index in [-0.39, 0.29) is 5.91 Å². The molecule has 1 unspecified atom stereocenters. The van der Waals surface area contributed by atoms with Crippen molar-refractivity contribution in [2.45, 2.75) is 39.0 Å². The van der Waals surface area contributed by atoms with Crippen molar-refractivity contribution in [1.29, 1.82) is 0 Å². The van der Waals surface area contributed by atoms with E-state index in [1.807, 2.05) is 35.6 Å². The molecule has 0 fully saturated rings. The monoisotopic (exact) mass is 419 g/mol. The standard InChI is InChI=1S/C19H37N3O3S2/c1-5-6-7-9-21-18(23)8-12-24-14-15-25-13-10-22-19(17(2)3)27-26-16-11-20-4/h17,19-20,22H,5,8-16H2,1-4H3,(H,21,23). The van der Waals surface area contributed by atoms with Crippen molar-refractivity contribution < 1.29 is 14.3 Å². The van der Waals surface area contributed by atoms with Crippen molar-refractivity contribution >= 4 is 27.5 Å². The summed E-state index contributed by atoms with van der Waals surface area (Å²) in [6.07, 6.45) is 1.16. The summed E-state index contributed by atoms with van der Waals surface area (Å²) in [6.45, 7) is 10.8. The van der Waals surface area contributed by atoms with Crippen LogP contribution in [0.4, 0.5) is 0 Å². The summed E-state index contributed by atoms with van der Waals surface area (Å²) < 4.78 is 11.0. The van der Waals surface area contributed by atoms with Crippen LogP contribution >= 0.6 is 21.6 Å². The second-order valence-electron chi connectivity index (χ2n) is 6.10. The van der Waals surface area contributed by atoms with Crippen LogP contribution in [0.1, 0.15) is 33.6 Å². The van der Waals surface area contributed by atoms with Crippen LogP contribution in [-0.4, -0.2) is 70.1 Å². The number of carbonyl (C=O) groups excluding carboxylic acids is 1. The third kappa shape index (κ3) is 18.7. The molecule has 0 aliphatic rings. The van der Waals surface area contributed by atoms with Crippen molar-refractivity contribution in [2.24, 2.45) is 5.92 Å². The molecule has 0 heterocycles. The predicted octanol–water partition coefficient (Wildman–Crippen LogP) is 2.11. The van der Waals surface area contributed by atoms with Crippen molar-refractivity contribution in [1.82, 2.24) is 16.0 Å². The first kappa shape index (κ1) is 26.6. The normalized spacial score (nSPS) is 11.9. The molecular formula is C19H37N3O3S2. The fraction of sp³-hybridized carbons (Fsp3) is 0.842. The van der Waals surface area contributed by atoms with Gasteiger partial charge in [-0.1, -0.05) is 48.3 Å². The maximum atomic E-state index is 11.5. The second-order valence-corrected chi connectivity index (χ2v) is 8.73. The van der Waals surface area contributed by atoms with Gasteiger partial charge >= 0.3 is 0 Å². The molecule has 0 aromatic carbocycles. The van der Waals surface area contributed by atoms with Crippen molar-refractivity contribution in [3.8, 4) is 11.8 Å². The topological polar surface area (TPSA) is 71.6 Å². The maximum Gasteiger partial charge on any atom is 0.223 e. The summed E-state index contributed by atoms with van der Waals surface area (Å²) in [5.41, 5.74) is 0. The van der Waals surface area contributed by atoms with Crippen molar-refractivity contribution in [2.75, 3.05) is 58.9 Å². The molecule has 0 aliphatic carbocycles. The van der Waals surface area contributed by atoms with Gasteiger partial charge in [-0.05, 0) is 13.0 Å². The summed E-state index contributed by atoms with van der Waals surface area (Å²) in [5.74, 6) is 7.42. The zero-order valence-electron chi connectivity index (χ0n) is 17.3. The highest BCUT2D eigenvalue weighted by atomic mass is 33.1. The first-order valence-electron chi connectivity index (χ1n) is 9.66. The SMILES string of the molecule is CCC#CCNC(=O)CCOCCOCCNC(SSCCNC)C(C)C. The minimum absolute atomic E-state index is 0.0321. The predicted molar refractivity (Wildman–Crippen MR) is 118 cm³/mol. The molecule has 0 saturated carbocycles. The molecule has 6 nitrogen and oxygen atoms in total. The van der Waals surface area contributed by atoms with Gasteiger partial charge < -0.3 is 25.4 Å². The van der Waals surface area contributed by atoms with Crippen LogP contribution in [0.25, 0.3) is 0 Å². The molecule has 3 N–H and O–H groups in total. The molecule has 8 heteroatoms. The van der Waals surface area contributed by atoms with Gasteiger partial charge in [-0.3, -0.25) is 4.79 Å². The number of carbonyl (C=O) groups is 1. The molecule has 0 aliphatic heterocycles. The van der Waals surface area contributed by atoms with Crippen molar-refractivity contribution in [3.63, 3.8) is 0 Å². The molecule has 158 valence electrons. The van der Waals surface area contributed by atoms with E-state index in [2.05, 4.69) is 41.6 Å². The average Bonchev–Trinajstić information content (AvgIpc) is 2.65. The van der Waals surface area contributed by atoms with Crippen LogP contribution in [0.15, 0.2) is 0 Å². The molecule has 0 bridgehead atoms. The van der Waals surface area contributed by atoms with Gasteiger partial charge in [0.25, 0.3) is 0 Å². The molecule has 0 saturated heterocycles. The molecule has 27 heavy (non-hydrogen) atoms. The molecule has 1 atom stereocenters. The Balaban J connectivity index is 3.50. The molecule has 0 aromatic rings. The fourth-order valence-corrected chi connectivity index (χ4v) is 4.61. The lowest BCUT2D eigenvalue weighted by Gasteiger charge is -2.21. The Morgan fingerprint density at radius 1 is 1.07 bits per heavy atom. The summed E-state index contributed by atoms with van der Waals surface area (Å²) >= 11 is 0. The molecular weight excluding hydrogens is 382 g/mol. The smallest absolute Gasteiger partial charge is 0.223 e. The van der Waals surface area contributed by atoms with Gasteiger partial charge in [0.2, 0.25) is 5.91 Å². The van der Waals surface area contributed by atoms with Gasteiger partial charge in [0.05, 0.1) is 38.3 Å². The third-order valence-corrected chi connectivity index (χ3v) is 6.28. The Kier molecular flexibility index (Phi) is 20.0. The summed E-state index contributed by atoms with van der Waals surface area (Å²) in [6, 6.07) is 0. The lowest BCUT2D eigenvalue weighted by molar-refractivity contribution is -0.122. The van der Waals surface area contributed by atoms with Crippen LogP contribution < -0.4 is 16.0 Å². The van der Waals surface area contributed by atoms with Crippen molar-refractivity contribution in [3.05, 3.63) is 0 Å². The molecule has 0 aromatic heterocycles. The third-order valence-electron chi connectivity index (χ3n) is 3.33. The highest BCUT2D eigenvalue weighted by Gasteiger charge is 2.13. The maximum absolute atomic E-state index is 11.5. The number of rotatable bonds is 17. The molecule has 0 rings (SSSR count). The van der Waals surface area contributed by atoms with Gasteiger partial charge in [0.15, 0.2) is 0 Å². The van der Waals surface area contributed by atoms with E-state index in [1.165, 1.54) is 0 Å². The fourth-order valence-electron chi connectivity index (χ4n) is 1.82. The van der Waals surface area contributed by atoms with Crippen LogP contribution in [0, 0.1) is 17.8 Å². The van der Waals surface area contributed by atoms with Gasteiger partial charge in [-0.2, -0.15) is 0 Å². The summed E-state index contributed by atoms with van der Waals surface area (Å²) in [5, 5.41) is 9.85. The van der Waals surface area contributed by atoms with Gasteiger partial charge in [-0.25, -0.2) is 0 Å². The van der Waals surface area contributed by atoms with Crippen LogP contribution in [0.5, 0.6) is 0 Å². The number of hydrogen-bond acceptors (Lipinski definition) is 7. The van der Waals surface area contributed by atoms with Crippen LogP contribution in [0.2, 0.25) is 0 Å². The second kappa shape index (κ2) is 20.3. The average molecular weight is 420 g/mol. The Hall–Kier alpha value is -0.430. The molecule has 1 amide bonds. The number of amides is 1. The first-order valence-corrected chi connectivity index (χ1v) is 12.0. The minimum atomic E-state index is -0.0321. The van der Waals surface area contributed by atoms with Gasteiger partial charge in [0, 0.05) is 31.7 Å². The number of nitrogens with one attached hydrogen (secondary N) is 3. The molecule has 0 radical (unpaired) electrons. The van der Waals surface area contributed by atoms with E-state index in [0.29, 0.717) is 50.7 Å². The highest BCUT2D eigenvalue weighted by Crippen LogP contribution is 2.28. The zero-order valence-corrected chi connectivity index (χ0v) is 18.9. The first-order chi connectivity index (χ1) is 13.1. The van der Waals surface area contributed by atoms with Crippen LogP contribution in [0.3, 0.4) is 0 Å². The highest BCUT2D eigenvalue weighted by molar-refractivity contribution is 8.76. The largest absolute Gasteiger partial charge is 0.379 e.